The summed E-state index contributed by atoms with van der Waals surface area (Å²) in [6.45, 7) is 1.05. The third-order valence-corrected chi connectivity index (χ3v) is 4.11. The molecule has 0 saturated carbocycles. The van der Waals surface area contributed by atoms with Crippen LogP contribution in [0.4, 0.5) is 0 Å². The number of nitrogens with zero attached hydrogens (tertiary/aromatic N) is 2. The molecule has 7 heteroatoms. The standard InChI is InChI=1S/C13H16BrN3O3/c14-10-4-3-8(6-11(10)18)13(19)17-5-1-2-9(7-17)12(15)16-20/h3-4,6,9,18,20H,1-2,5,7H2,(H2,15,16). The maximum Gasteiger partial charge on any atom is 0.254 e. The zero-order chi connectivity index (χ0) is 14.7. The van der Waals surface area contributed by atoms with E-state index in [2.05, 4.69) is 21.1 Å². The molecule has 4 N–H and O–H groups in total. The molecule has 0 aliphatic carbocycles. The summed E-state index contributed by atoms with van der Waals surface area (Å²) in [6, 6.07) is 4.71. The van der Waals surface area contributed by atoms with E-state index in [1.54, 1.807) is 17.0 Å². The maximum absolute atomic E-state index is 12.4. The van der Waals surface area contributed by atoms with Crippen LogP contribution in [-0.2, 0) is 0 Å². The number of amides is 1. The fourth-order valence-electron chi connectivity index (χ4n) is 2.31. The molecule has 1 unspecified atom stereocenters. The molecule has 1 amide bonds. The minimum atomic E-state index is -0.164. The predicted molar refractivity (Wildman–Crippen MR) is 77.8 cm³/mol. The number of likely N-dealkylation sites (tertiary alicyclic amines) is 1. The highest BCUT2D eigenvalue weighted by Gasteiger charge is 2.27. The average Bonchev–Trinajstić information content (AvgIpc) is 2.48. The van der Waals surface area contributed by atoms with Crippen molar-refractivity contribution in [3.8, 4) is 5.75 Å². The van der Waals surface area contributed by atoms with Gasteiger partial charge in [-0.2, -0.15) is 0 Å². The van der Waals surface area contributed by atoms with Crippen LogP contribution in [0.2, 0.25) is 0 Å². The zero-order valence-corrected chi connectivity index (χ0v) is 12.4. The molecule has 1 aliphatic rings. The average molecular weight is 342 g/mol. The number of oxime groups is 1. The molecule has 1 aromatic carbocycles. The van der Waals surface area contributed by atoms with Crippen molar-refractivity contribution in [3.05, 3.63) is 28.2 Å². The van der Waals surface area contributed by atoms with Crippen LogP contribution >= 0.6 is 15.9 Å². The van der Waals surface area contributed by atoms with Crippen molar-refractivity contribution in [2.75, 3.05) is 13.1 Å². The van der Waals surface area contributed by atoms with E-state index in [-0.39, 0.29) is 23.4 Å². The van der Waals surface area contributed by atoms with E-state index in [4.69, 9.17) is 10.9 Å². The van der Waals surface area contributed by atoms with E-state index in [9.17, 15) is 9.90 Å². The monoisotopic (exact) mass is 341 g/mol. The van der Waals surface area contributed by atoms with Gasteiger partial charge in [-0.05, 0) is 47.0 Å². The van der Waals surface area contributed by atoms with Crippen molar-refractivity contribution in [2.45, 2.75) is 12.8 Å². The molecule has 1 aliphatic heterocycles. The van der Waals surface area contributed by atoms with Crippen LogP contribution in [0.15, 0.2) is 27.8 Å². The lowest BCUT2D eigenvalue weighted by Crippen LogP contribution is -2.44. The van der Waals surface area contributed by atoms with Gasteiger partial charge in [0, 0.05) is 24.6 Å². The fourth-order valence-corrected chi connectivity index (χ4v) is 2.56. The van der Waals surface area contributed by atoms with Gasteiger partial charge in [0.15, 0.2) is 0 Å². The number of piperidine rings is 1. The number of rotatable bonds is 2. The first kappa shape index (κ1) is 14.6. The maximum atomic E-state index is 12.4. The Hall–Kier alpha value is -1.76. The second kappa shape index (κ2) is 6.13. The van der Waals surface area contributed by atoms with Crippen LogP contribution in [0.5, 0.6) is 5.75 Å². The number of benzene rings is 1. The number of halogens is 1. The molecular weight excluding hydrogens is 326 g/mol. The number of carbonyl (C=O) groups excluding carboxylic acids is 1. The summed E-state index contributed by atoms with van der Waals surface area (Å²) >= 11 is 3.18. The number of phenolic OH excluding ortho intramolecular Hbond substituents is 1. The molecule has 0 bridgehead atoms. The molecule has 20 heavy (non-hydrogen) atoms. The highest BCUT2D eigenvalue weighted by Crippen LogP contribution is 2.26. The minimum Gasteiger partial charge on any atom is -0.507 e. The van der Waals surface area contributed by atoms with Crippen molar-refractivity contribution in [3.63, 3.8) is 0 Å². The first-order chi connectivity index (χ1) is 9.52. The van der Waals surface area contributed by atoms with E-state index in [1.807, 2.05) is 0 Å². The Bertz CT molecular complexity index is 548. The lowest BCUT2D eigenvalue weighted by atomic mass is 9.96. The van der Waals surface area contributed by atoms with Gasteiger partial charge in [0.05, 0.1) is 4.47 Å². The van der Waals surface area contributed by atoms with E-state index >= 15 is 0 Å². The van der Waals surface area contributed by atoms with Crippen molar-refractivity contribution >= 4 is 27.7 Å². The summed E-state index contributed by atoms with van der Waals surface area (Å²) in [4.78, 5) is 14.0. The number of amidine groups is 1. The molecule has 6 nitrogen and oxygen atoms in total. The number of aromatic hydroxyl groups is 1. The Morgan fingerprint density at radius 3 is 2.90 bits per heavy atom. The van der Waals surface area contributed by atoms with Gasteiger partial charge in [-0.3, -0.25) is 4.79 Å². The lowest BCUT2D eigenvalue weighted by Gasteiger charge is -2.32. The topological polar surface area (TPSA) is 99.2 Å². The quantitative estimate of drug-likeness (QED) is 0.330. The molecular formula is C13H16BrN3O3. The van der Waals surface area contributed by atoms with Gasteiger partial charge >= 0.3 is 0 Å². The molecule has 0 radical (unpaired) electrons. The molecule has 0 spiro atoms. The second-order valence-electron chi connectivity index (χ2n) is 4.78. The molecule has 1 heterocycles. The van der Waals surface area contributed by atoms with Crippen LogP contribution in [-0.4, -0.2) is 40.0 Å². The van der Waals surface area contributed by atoms with Crippen LogP contribution in [0.1, 0.15) is 23.2 Å². The van der Waals surface area contributed by atoms with Crippen molar-refractivity contribution in [1.29, 1.82) is 0 Å². The molecule has 1 aromatic rings. The lowest BCUT2D eigenvalue weighted by molar-refractivity contribution is 0.0701. The van der Waals surface area contributed by atoms with Gasteiger partial charge < -0.3 is 20.9 Å². The Labute approximate surface area is 125 Å². The molecule has 2 rings (SSSR count). The van der Waals surface area contributed by atoms with Gasteiger partial charge in [-0.15, -0.1) is 0 Å². The highest BCUT2D eigenvalue weighted by atomic mass is 79.9. The largest absolute Gasteiger partial charge is 0.507 e. The highest BCUT2D eigenvalue weighted by molar-refractivity contribution is 9.10. The minimum absolute atomic E-state index is 0.0286. The zero-order valence-electron chi connectivity index (χ0n) is 10.8. The summed E-state index contributed by atoms with van der Waals surface area (Å²) in [7, 11) is 0. The number of hydrogen-bond donors (Lipinski definition) is 3. The van der Waals surface area contributed by atoms with Crippen LogP contribution in [0.25, 0.3) is 0 Å². The molecule has 1 fully saturated rings. The Balaban J connectivity index is 2.14. The smallest absolute Gasteiger partial charge is 0.254 e. The number of carbonyl (C=O) groups is 1. The summed E-state index contributed by atoms with van der Waals surface area (Å²) in [5, 5.41) is 21.4. The molecule has 0 aromatic heterocycles. The molecule has 1 atom stereocenters. The molecule has 108 valence electrons. The summed E-state index contributed by atoms with van der Waals surface area (Å²) < 4.78 is 0.544. The van der Waals surface area contributed by atoms with Gasteiger partial charge in [-0.25, -0.2) is 0 Å². The predicted octanol–water partition coefficient (Wildman–Crippen LogP) is 1.75. The van der Waals surface area contributed by atoms with Gasteiger partial charge in [0.2, 0.25) is 0 Å². The number of phenols is 1. The summed E-state index contributed by atoms with van der Waals surface area (Å²) in [5.41, 5.74) is 6.03. The van der Waals surface area contributed by atoms with E-state index in [0.717, 1.165) is 12.8 Å². The van der Waals surface area contributed by atoms with Crippen LogP contribution in [0, 0.1) is 5.92 Å². The van der Waals surface area contributed by atoms with E-state index in [1.165, 1.54) is 6.07 Å². The first-order valence-electron chi connectivity index (χ1n) is 6.28. The third kappa shape index (κ3) is 3.04. The number of hydrogen-bond acceptors (Lipinski definition) is 4. The van der Waals surface area contributed by atoms with Crippen LogP contribution < -0.4 is 5.73 Å². The van der Waals surface area contributed by atoms with Crippen LogP contribution in [0.3, 0.4) is 0 Å². The number of nitrogens with two attached hydrogens (primary N) is 1. The third-order valence-electron chi connectivity index (χ3n) is 3.44. The van der Waals surface area contributed by atoms with Crippen molar-refractivity contribution in [1.82, 2.24) is 4.90 Å². The van der Waals surface area contributed by atoms with E-state index in [0.29, 0.717) is 23.1 Å². The van der Waals surface area contributed by atoms with Gasteiger partial charge in [-0.1, -0.05) is 5.16 Å². The van der Waals surface area contributed by atoms with Gasteiger partial charge in [0.25, 0.3) is 5.91 Å². The Morgan fingerprint density at radius 2 is 2.25 bits per heavy atom. The Kier molecular flexibility index (Phi) is 4.49. The SMILES string of the molecule is N/C(=N/O)C1CCCN(C(=O)c2ccc(Br)c(O)c2)C1. The van der Waals surface area contributed by atoms with Crippen molar-refractivity contribution in [2.24, 2.45) is 16.8 Å². The normalized spacial score (nSPS) is 19.9. The molecule has 1 saturated heterocycles. The van der Waals surface area contributed by atoms with E-state index < -0.39 is 0 Å². The second-order valence-corrected chi connectivity index (χ2v) is 5.64. The van der Waals surface area contributed by atoms with Crippen molar-refractivity contribution < 1.29 is 15.1 Å². The fraction of sp³-hybridized carbons (Fsp3) is 0.385. The summed E-state index contributed by atoms with van der Waals surface area (Å²) in [5.74, 6) is -0.105. The Morgan fingerprint density at radius 1 is 1.50 bits per heavy atom. The first-order valence-corrected chi connectivity index (χ1v) is 7.07. The van der Waals surface area contributed by atoms with Gasteiger partial charge in [0.1, 0.15) is 11.6 Å². The summed E-state index contributed by atoms with van der Waals surface area (Å²) in [6.07, 6.45) is 1.60.